The van der Waals surface area contributed by atoms with E-state index in [1.807, 2.05) is 0 Å². The number of anilines is 1. The van der Waals surface area contributed by atoms with Crippen LogP contribution >= 0.6 is 0 Å². The Morgan fingerprint density at radius 2 is 2.24 bits per heavy atom. The van der Waals surface area contributed by atoms with E-state index in [0.717, 1.165) is 4.90 Å². The molecule has 1 N–H and O–H groups in total. The van der Waals surface area contributed by atoms with Gasteiger partial charge < -0.3 is 10.0 Å². The SMILES string of the molecule is Cc1c(N(C=O)CC(=O)O)cccc1[N+](=O)[O-]. The molecular weight excluding hydrogens is 228 g/mol. The van der Waals surface area contributed by atoms with Crippen LogP contribution in [0.5, 0.6) is 0 Å². The van der Waals surface area contributed by atoms with E-state index in [1.165, 1.54) is 25.1 Å². The lowest BCUT2D eigenvalue weighted by molar-refractivity contribution is -0.385. The molecule has 17 heavy (non-hydrogen) atoms. The fourth-order valence-electron chi connectivity index (χ4n) is 1.45. The van der Waals surface area contributed by atoms with E-state index in [4.69, 9.17) is 5.11 Å². The second kappa shape index (κ2) is 5.06. The van der Waals surface area contributed by atoms with Crippen LogP contribution in [0.25, 0.3) is 0 Å². The number of carbonyl (C=O) groups is 2. The van der Waals surface area contributed by atoms with E-state index in [-0.39, 0.29) is 16.9 Å². The standard InChI is InChI=1S/C10H10N2O5/c1-7-8(11(6-13)5-10(14)15)3-2-4-9(7)12(16)17/h2-4,6H,5H2,1H3,(H,14,15). The van der Waals surface area contributed by atoms with Gasteiger partial charge in [-0.1, -0.05) is 6.07 Å². The zero-order valence-corrected chi connectivity index (χ0v) is 8.99. The van der Waals surface area contributed by atoms with Gasteiger partial charge in [-0.05, 0) is 13.0 Å². The van der Waals surface area contributed by atoms with Crippen molar-refractivity contribution in [2.24, 2.45) is 0 Å². The molecule has 0 saturated heterocycles. The van der Waals surface area contributed by atoms with Gasteiger partial charge in [-0.3, -0.25) is 19.7 Å². The van der Waals surface area contributed by atoms with Crippen LogP contribution < -0.4 is 4.90 Å². The minimum Gasteiger partial charge on any atom is -0.480 e. The molecule has 0 aliphatic carbocycles. The molecule has 7 nitrogen and oxygen atoms in total. The van der Waals surface area contributed by atoms with E-state index in [1.54, 1.807) is 0 Å². The molecule has 0 radical (unpaired) electrons. The lowest BCUT2D eigenvalue weighted by Gasteiger charge is -2.16. The van der Waals surface area contributed by atoms with Crippen LogP contribution in [0.3, 0.4) is 0 Å². The fraction of sp³-hybridized carbons (Fsp3) is 0.200. The number of benzene rings is 1. The van der Waals surface area contributed by atoms with Crippen LogP contribution in [0, 0.1) is 17.0 Å². The van der Waals surface area contributed by atoms with Crippen molar-refractivity contribution in [2.45, 2.75) is 6.92 Å². The minimum absolute atomic E-state index is 0.153. The van der Waals surface area contributed by atoms with Crippen LogP contribution in [-0.4, -0.2) is 29.0 Å². The Bertz CT molecular complexity index is 472. The molecule has 1 aromatic carbocycles. The highest BCUT2D eigenvalue weighted by Crippen LogP contribution is 2.27. The number of nitro benzene ring substituents is 1. The molecule has 1 amide bonds. The van der Waals surface area contributed by atoms with Crippen molar-refractivity contribution in [1.29, 1.82) is 0 Å². The minimum atomic E-state index is -1.19. The molecule has 1 aromatic rings. The van der Waals surface area contributed by atoms with Crippen LogP contribution in [-0.2, 0) is 9.59 Å². The first kappa shape index (κ1) is 12.6. The van der Waals surface area contributed by atoms with Crippen LogP contribution in [0.4, 0.5) is 11.4 Å². The number of amides is 1. The molecule has 0 saturated carbocycles. The Hall–Kier alpha value is -2.44. The van der Waals surface area contributed by atoms with Crippen LogP contribution in [0.2, 0.25) is 0 Å². The number of carboxylic acids is 1. The molecule has 0 aliphatic heterocycles. The first-order valence-corrected chi connectivity index (χ1v) is 4.65. The number of nitrogens with zero attached hydrogens (tertiary/aromatic N) is 2. The maximum atomic E-state index is 10.8. The van der Waals surface area contributed by atoms with E-state index >= 15 is 0 Å². The van der Waals surface area contributed by atoms with Gasteiger partial charge in [-0.2, -0.15) is 0 Å². The maximum absolute atomic E-state index is 10.8. The lowest BCUT2D eigenvalue weighted by Crippen LogP contribution is -2.28. The quantitative estimate of drug-likeness (QED) is 0.467. The summed E-state index contributed by atoms with van der Waals surface area (Å²) in [5.74, 6) is -1.19. The van der Waals surface area contributed by atoms with Gasteiger partial charge in [0.15, 0.2) is 0 Å². The highest BCUT2D eigenvalue weighted by Gasteiger charge is 2.18. The van der Waals surface area contributed by atoms with E-state index in [0.29, 0.717) is 6.41 Å². The summed E-state index contributed by atoms with van der Waals surface area (Å²) in [6.45, 7) is 0.928. The number of aliphatic carboxylic acids is 1. The maximum Gasteiger partial charge on any atom is 0.323 e. The molecule has 0 unspecified atom stereocenters. The predicted molar refractivity (Wildman–Crippen MR) is 58.9 cm³/mol. The fourth-order valence-corrected chi connectivity index (χ4v) is 1.45. The molecule has 0 bridgehead atoms. The summed E-state index contributed by atoms with van der Waals surface area (Å²) in [6.07, 6.45) is 0.334. The third-order valence-corrected chi connectivity index (χ3v) is 2.22. The van der Waals surface area contributed by atoms with Gasteiger partial charge in [0, 0.05) is 6.07 Å². The number of carbonyl (C=O) groups excluding carboxylic acids is 1. The van der Waals surface area contributed by atoms with Crippen molar-refractivity contribution < 1.29 is 19.6 Å². The van der Waals surface area contributed by atoms with Crippen LogP contribution in [0.1, 0.15) is 5.56 Å². The molecule has 0 fully saturated rings. The summed E-state index contributed by atoms with van der Waals surface area (Å²) in [7, 11) is 0. The van der Waals surface area contributed by atoms with Gasteiger partial charge in [0.25, 0.3) is 5.69 Å². The van der Waals surface area contributed by atoms with Gasteiger partial charge in [0.2, 0.25) is 6.41 Å². The Balaban J connectivity index is 3.20. The monoisotopic (exact) mass is 238 g/mol. The number of hydrogen-bond acceptors (Lipinski definition) is 4. The highest BCUT2D eigenvalue weighted by atomic mass is 16.6. The van der Waals surface area contributed by atoms with Crippen molar-refractivity contribution in [3.63, 3.8) is 0 Å². The van der Waals surface area contributed by atoms with Gasteiger partial charge in [-0.25, -0.2) is 0 Å². The first-order valence-electron chi connectivity index (χ1n) is 4.65. The van der Waals surface area contributed by atoms with E-state index < -0.39 is 17.4 Å². The molecule has 0 atom stereocenters. The molecule has 0 heterocycles. The van der Waals surface area contributed by atoms with Crippen molar-refractivity contribution >= 4 is 23.8 Å². The van der Waals surface area contributed by atoms with Gasteiger partial charge in [0.05, 0.1) is 16.2 Å². The smallest absolute Gasteiger partial charge is 0.323 e. The Morgan fingerprint density at radius 1 is 1.59 bits per heavy atom. The summed E-state index contributed by atoms with van der Waals surface area (Å²) >= 11 is 0. The second-order valence-electron chi connectivity index (χ2n) is 3.31. The van der Waals surface area contributed by atoms with Gasteiger partial charge in [0.1, 0.15) is 6.54 Å². The lowest BCUT2D eigenvalue weighted by atomic mass is 10.1. The van der Waals surface area contributed by atoms with E-state index in [9.17, 15) is 19.7 Å². The number of nitro groups is 1. The molecule has 0 aliphatic rings. The molecule has 0 aromatic heterocycles. The summed E-state index contributed by atoms with van der Waals surface area (Å²) in [5, 5.41) is 19.3. The third kappa shape index (κ3) is 2.77. The zero-order valence-electron chi connectivity index (χ0n) is 8.99. The zero-order chi connectivity index (χ0) is 13.0. The van der Waals surface area contributed by atoms with Crippen molar-refractivity contribution in [1.82, 2.24) is 0 Å². The topological polar surface area (TPSA) is 101 Å². The van der Waals surface area contributed by atoms with Gasteiger partial charge in [-0.15, -0.1) is 0 Å². The summed E-state index contributed by atoms with van der Waals surface area (Å²) in [6, 6.07) is 4.15. The Morgan fingerprint density at radius 3 is 2.71 bits per heavy atom. The van der Waals surface area contributed by atoms with Crippen LogP contribution in [0.15, 0.2) is 18.2 Å². The molecule has 0 spiro atoms. The summed E-state index contributed by atoms with van der Waals surface area (Å²) < 4.78 is 0. The number of carboxylic acid groups (broad SMARTS) is 1. The molecular formula is C10H10N2O5. The number of hydrogen-bond donors (Lipinski definition) is 1. The average Bonchev–Trinajstić information content (AvgIpc) is 2.26. The normalized spacial score (nSPS) is 9.71. The molecule has 1 rings (SSSR count). The van der Waals surface area contributed by atoms with Crippen molar-refractivity contribution in [3.05, 3.63) is 33.9 Å². The largest absolute Gasteiger partial charge is 0.480 e. The number of rotatable bonds is 5. The van der Waals surface area contributed by atoms with Gasteiger partial charge >= 0.3 is 5.97 Å². The third-order valence-electron chi connectivity index (χ3n) is 2.22. The highest BCUT2D eigenvalue weighted by molar-refractivity contribution is 5.86. The van der Waals surface area contributed by atoms with Crippen molar-refractivity contribution in [3.8, 4) is 0 Å². The van der Waals surface area contributed by atoms with Crippen molar-refractivity contribution in [2.75, 3.05) is 11.4 Å². The van der Waals surface area contributed by atoms with E-state index in [2.05, 4.69) is 0 Å². The summed E-state index contributed by atoms with van der Waals surface area (Å²) in [5.41, 5.74) is 0.321. The Labute approximate surface area is 96.4 Å². The summed E-state index contributed by atoms with van der Waals surface area (Å²) in [4.78, 5) is 32.3. The molecule has 90 valence electrons. The molecule has 7 heteroatoms. The predicted octanol–water partition coefficient (Wildman–Crippen LogP) is 0.951. The Kier molecular flexibility index (Phi) is 3.76. The second-order valence-corrected chi connectivity index (χ2v) is 3.31. The average molecular weight is 238 g/mol. The first-order chi connectivity index (χ1) is 7.97.